The van der Waals surface area contributed by atoms with Gasteiger partial charge in [-0.25, -0.2) is 0 Å². The lowest BCUT2D eigenvalue weighted by atomic mass is 9.89. The number of hydrogen-bond donors (Lipinski definition) is 4. The molecule has 2 heterocycles. The Morgan fingerprint density at radius 1 is 0.580 bits per heavy atom. The van der Waals surface area contributed by atoms with E-state index in [9.17, 15) is 38.4 Å². The van der Waals surface area contributed by atoms with Gasteiger partial charge >= 0.3 is 29.8 Å². The Bertz CT molecular complexity index is 962. The number of carboxylic acids is 3. The van der Waals surface area contributed by atoms with E-state index in [-0.39, 0.29) is 72.5 Å². The third kappa shape index (κ3) is 30.4. The number of imide groups is 1. The number of carbonyl (C=O) groups excluding carboxylic acids is 5. The lowest BCUT2D eigenvalue weighted by molar-refractivity contribution is -0.166. The number of rotatable bonds is 16. The first kappa shape index (κ1) is 48.5. The molecule has 0 saturated carbocycles. The smallest absolute Gasteiger partial charge is 0.313 e. The number of amides is 2. The maximum absolute atomic E-state index is 10.9. The summed E-state index contributed by atoms with van der Waals surface area (Å²) in [4.78, 5) is 85.6. The van der Waals surface area contributed by atoms with Crippen molar-refractivity contribution in [2.75, 3.05) is 0 Å². The van der Waals surface area contributed by atoms with Gasteiger partial charge in [-0.1, -0.05) is 55.4 Å². The monoisotopic (exact) mass is 713 g/mol. The predicted molar refractivity (Wildman–Crippen MR) is 187 cm³/mol. The van der Waals surface area contributed by atoms with Crippen molar-refractivity contribution in [2.45, 2.75) is 139 Å². The Morgan fingerprint density at radius 2 is 0.900 bits per heavy atom. The zero-order valence-corrected chi connectivity index (χ0v) is 31.6. The zero-order chi connectivity index (χ0) is 39.1. The van der Waals surface area contributed by atoms with E-state index in [4.69, 9.17) is 15.3 Å². The summed E-state index contributed by atoms with van der Waals surface area (Å²) in [6.07, 6.45) is 5.61. The number of esters is 2. The van der Waals surface area contributed by atoms with E-state index in [1.807, 2.05) is 27.7 Å². The van der Waals surface area contributed by atoms with Crippen molar-refractivity contribution in [1.29, 1.82) is 0 Å². The molecule has 0 bridgehead atoms. The maximum Gasteiger partial charge on any atom is 0.313 e. The van der Waals surface area contributed by atoms with Crippen LogP contribution in [0.5, 0.6) is 0 Å². The van der Waals surface area contributed by atoms with Crippen LogP contribution < -0.4 is 5.32 Å². The molecule has 4 N–H and O–H groups in total. The Hall–Kier alpha value is -3.64. The molecular weight excluding hydrogens is 650 g/mol. The molecule has 0 aromatic rings. The highest BCUT2D eigenvalue weighted by molar-refractivity contribution is 5.97. The molecule has 2 aliphatic rings. The SMILES string of the molecule is CC(=O)CC(CC(=O)O)CC(C)C.CC(C)CC(CC(=O)O)CC(=O)O.CC(C)CC1CC(=O)NC(=O)C1.CC(C)CC1CC(=O)OC(=O)C1. The average molecular weight is 714 g/mol. The molecule has 2 amide bonds. The minimum absolute atomic E-state index is 0.00926. The number of hydrogen-bond acceptors (Lipinski definition) is 9. The van der Waals surface area contributed by atoms with Gasteiger partial charge in [-0.05, 0) is 80.0 Å². The Labute approximate surface area is 297 Å². The van der Waals surface area contributed by atoms with E-state index >= 15 is 0 Å². The lowest BCUT2D eigenvalue weighted by Gasteiger charge is -2.21. The van der Waals surface area contributed by atoms with E-state index in [1.165, 1.54) is 6.92 Å². The van der Waals surface area contributed by atoms with Crippen LogP contribution in [0.3, 0.4) is 0 Å². The van der Waals surface area contributed by atoms with Gasteiger partial charge in [0.25, 0.3) is 0 Å². The van der Waals surface area contributed by atoms with Crippen LogP contribution in [0.15, 0.2) is 0 Å². The molecule has 2 fully saturated rings. The number of cyclic esters (lactones) is 2. The highest BCUT2D eigenvalue weighted by atomic mass is 16.6. The molecule has 0 spiro atoms. The largest absolute Gasteiger partial charge is 0.481 e. The van der Waals surface area contributed by atoms with Crippen LogP contribution >= 0.6 is 0 Å². The third-order valence-electron chi connectivity index (χ3n) is 7.55. The van der Waals surface area contributed by atoms with Crippen molar-refractivity contribution in [3.8, 4) is 0 Å². The average Bonchev–Trinajstić information content (AvgIpc) is 2.85. The molecule has 2 saturated heterocycles. The number of ketones is 1. The minimum atomic E-state index is -0.924. The van der Waals surface area contributed by atoms with Crippen molar-refractivity contribution in [3.63, 3.8) is 0 Å². The molecule has 2 rings (SSSR count). The Kier molecular flexibility index (Phi) is 25.4. The number of aliphatic carboxylic acids is 3. The number of piperidine rings is 1. The van der Waals surface area contributed by atoms with Gasteiger partial charge < -0.3 is 24.9 Å². The van der Waals surface area contributed by atoms with Gasteiger partial charge in [0.2, 0.25) is 11.8 Å². The first-order chi connectivity index (χ1) is 23.0. The second-order valence-electron chi connectivity index (χ2n) is 15.3. The predicted octanol–water partition coefficient (Wildman–Crippen LogP) is 6.30. The van der Waals surface area contributed by atoms with Gasteiger partial charge in [-0.2, -0.15) is 0 Å². The highest BCUT2D eigenvalue weighted by Gasteiger charge is 2.27. The number of Topliss-reactive ketones (excluding diaryl/α,β-unsaturated/α-hetero) is 1. The summed E-state index contributed by atoms with van der Waals surface area (Å²) < 4.78 is 4.42. The first-order valence-corrected chi connectivity index (χ1v) is 17.7. The summed E-state index contributed by atoms with van der Waals surface area (Å²) in [5, 5.41) is 27.9. The van der Waals surface area contributed by atoms with Crippen molar-refractivity contribution in [1.82, 2.24) is 5.32 Å². The maximum atomic E-state index is 10.9. The van der Waals surface area contributed by atoms with E-state index in [2.05, 4.69) is 37.7 Å². The third-order valence-corrected chi connectivity index (χ3v) is 7.55. The Morgan fingerprint density at radius 3 is 1.18 bits per heavy atom. The number of carbonyl (C=O) groups is 8. The van der Waals surface area contributed by atoms with Crippen molar-refractivity contribution in [2.24, 2.45) is 47.3 Å². The number of carboxylic acid groups (broad SMARTS) is 3. The van der Waals surface area contributed by atoms with Gasteiger partial charge in [-0.3, -0.25) is 38.9 Å². The van der Waals surface area contributed by atoms with Crippen LogP contribution in [0.4, 0.5) is 0 Å². The molecule has 1 unspecified atom stereocenters. The summed E-state index contributed by atoms with van der Waals surface area (Å²) in [6, 6.07) is 0. The van der Waals surface area contributed by atoms with Gasteiger partial charge in [0.05, 0.1) is 0 Å². The summed E-state index contributed by atoms with van der Waals surface area (Å²) in [5.41, 5.74) is 0. The van der Waals surface area contributed by atoms with Crippen LogP contribution in [0.25, 0.3) is 0 Å². The highest BCUT2D eigenvalue weighted by Crippen LogP contribution is 2.24. The summed E-state index contributed by atoms with van der Waals surface area (Å²) in [5.74, 6) is -1.41. The fourth-order valence-corrected chi connectivity index (χ4v) is 6.23. The Balaban J connectivity index is 0. The van der Waals surface area contributed by atoms with Gasteiger partial charge in [0.15, 0.2) is 0 Å². The van der Waals surface area contributed by atoms with E-state index < -0.39 is 17.9 Å². The van der Waals surface area contributed by atoms with Crippen LogP contribution in [-0.2, 0) is 43.1 Å². The minimum Gasteiger partial charge on any atom is -0.481 e. The standard InChI is InChI=1S/C10H18O3.C9H15NO2.C9H16O4.C9H14O3/c1-7(2)4-9(5-8(3)11)6-10(12)13;1-6(2)3-7-4-8(11)10-9(12)5-7;1-6(2)3-7(4-8(10)11)5-9(12)13;1-6(2)3-7-4-8(10)12-9(11)5-7/h7,9H,4-6H2,1-3H3,(H,12,13);6-7H,3-5H2,1-2H3,(H,10,11,12);6-7H,3-5H2,1-2H3,(H,10,11)(H,12,13);6-7H,3-5H2,1-2H3. The van der Waals surface area contributed by atoms with E-state index in [0.29, 0.717) is 62.2 Å². The summed E-state index contributed by atoms with van der Waals surface area (Å²) >= 11 is 0. The fourth-order valence-electron chi connectivity index (χ4n) is 6.23. The van der Waals surface area contributed by atoms with E-state index in [1.54, 1.807) is 0 Å². The second-order valence-corrected chi connectivity index (χ2v) is 15.3. The molecule has 0 aromatic heterocycles. The van der Waals surface area contributed by atoms with Gasteiger partial charge in [0.1, 0.15) is 5.78 Å². The molecule has 50 heavy (non-hydrogen) atoms. The van der Waals surface area contributed by atoms with Crippen LogP contribution in [0.2, 0.25) is 0 Å². The summed E-state index contributed by atoms with van der Waals surface area (Å²) in [6.45, 7) is 17.9. The van der Waals surface area contributed by atoms with Gasteiger partial charge in [0, 0.05) is 51.4 Å². The summed E-state index contributed by atoms with van der Waals surface area (Å²) in [7, 11) is 0. The van der Waals surface area contributed by atoms with Crippen LogP contribution in [0.1, 0.15) is 139 Å². The molecule has 13 heteroatoms. The lowest BCUT2D eigenvalue weighted by Crippen LogP contribution is -2.38. The quantitative estimate of drug-likeness (QED) is 0.0787. The van der Waals surface area contributed by atoms with Gasteiger partial charge in [-0.15, -0.1) is 0 Å². The topological polar surface area (TPSA) is 219 Å². The van der Waals surface area contributed by atoms with E-state index in [0.717, 1.165) is 19.3 Å². The number of ether oxygens (including phenoxy) is 1. The van der Waals surface area contributed by atoms with Crippen LogP contribution in [0, 0.1) is 47.3 Å². The van der Waals surface area contributed by atoms with Crippen molar-refractivity contribution in [3.05, 3.63) is 0 Å². The van der Waals surface area contributed by atoms with Crippen LogP contribution in [-0.4, -0.2) is 62.8 Å². The molecule has 13 nitrogen and oxygen atoms in total. The fraction of sp³-hybridized carbons (Fsp3) is 0.784. The van der Waals surface area contributed by atoms with Crippen molar-refractivity contribution >= 4 is 47.4 Å². The molecular formula is C37H63NO12. The second kappa shape index (κ2) is 26.2. The molecule has 0 aromatic carbocycles. The van der Waals surface area contributed by atoms with Crippen molar-refractivity contribution < 1.29 is 58.4 Å². The molecule has 0 radical (unpaired) electrons. The molecule has 1 atom stereocenters. The molecule has 0 aliphatic carbocycles. The molecule has 288 valence electrons. The number of nitrogens with one attached hydrogen (secondary N) is 1. The normalized spacial score (nSPS) is 15.7. The first-order valence-electron chi connectivity index (χ1n) is 17.7. The molecule has 2 aliphatic heterocycles. The zero-order valence-electron chi connectivity index (χ0n) is 31.6.